The average Bonchev–Trinajstić information content (AvgIpc) is 2.14. The third kappa shape index (κ3) is 7.17. The molecule has 0 aromatic rings. The Labute approximate surface area is 84.4 Å². The maximum Gasteiger partial charge on any atom is 0.253 e. The van der Waals surface area contributed by atoms with E-state index in [-0.39, 0.29) is 0 Å². The maximum absolute atomic E-state index is 12.1. The van der Waals surface area contributed by atoms with Crippen molar-refractivity contribution >= 4 is 0 Å². The number of likely N-dealkylation sites (N-methyl/N-ethyl adjacent to an activating group) is 1. The van der Waals surface area contributed by atoms with Gasteiger partial charge in [-0.3, -0.25) is 0 Å². The average molecular weight is 210 g/mol. The number of ether oxygens (including phenoxy) is 1. The fraction of sp³-hybridized carbons (Fsp3) is 1.00. The van der Waals surface area contributed by atoms with Crippen molar-refractivity contribution < 1.29 is 13.5 Å². The minimum Gasteiger partial charge on any atom is -0.383 e. The molecule has 1 unspecified atom stereocenters. The summed E-state index contributed by atoms with van der Waals surface area (Å²) in [6, 6.07) is -0.731. The van der Waals surface area contributed by atoms with E-state index in [2.05, 4.69) is 5.32 Å². The van der Waals surface area contributed by atoms with Crippen LogP contribution in [0.15, 0.2) is 0 Å². The highest BCUT2D eigenvalue weighted by Gasteiger charge is 2.12. The summed E-state index contributed by atoms with van der Waals surface area (Å²) < 4.78 is 29.0. The molecule has 0 rings (SSSR count). The van der Waals surface area contributed by atoms with Gasteiger partial charge in [-0.15, -0.1) is 0 Å². The van der Waals surface area contributed by atoms with Gasteiger partial charge >= 0.3 is 0 Å². The Morgan fingerprint density at radius 1 is 1.36 bits per heavy atom. The molecule has 14 heavy (non-hydrogen) atoms. The molecule has 0 radical (unpaired) electrons. The van der Waals surface area contributed by atoms with Crippen LogP contribution in [0.5, 0.6) is 0 Å². The number of rotatable bonds is 8. The van der Waals surface area contributed by atoms with Gasteiger partial charge in [0, 0.05) is 26.7 Å². The molecule has 0 aliphatic carbocycles. The van der Waals surface area contributed by atoms with Crippen LogP contribution in [0.2, 0.25) is 0 Å². The lowest BCUT2D eigenvalue weighted by Gasteiger charge is -2.18. The number of nitrogens with one attached hydrogen (secondary N) is 1. The summed E-state index contributed by atoms with van der Waals surface area (Å²) >= 11 is 0. The van der Waals surface area contributed by atoms with Crippen molar-refractivity contribution in [2.75, 3.05) is 40.4 Å². The highest BCUT2D eigenvalue weighted by atomic mass is 19.3. The number of halogens is 2. The van der Waals surface area contributed by atoms with Crippen molar-refractivity contribution in [3.63, 3.8) is 0 Å². The third-order valence-electron chi connectivity index (χ3n) is 2.01. The van der Waals surface area contributed by atoms with E-state index >= 15 is 0 Å². The first kappa shape index (κ1) is 13.7. The summed E-state index contributed by atoms with van der Waals surface area (Å²) in [6.07, 6.45) is -2.29. The van der Waals surface area contributed by atoms with E-state index in [0.717, 1.165) is 13.1 Å². The highest BCUT2D eigenvalue weighted by Crippen LogP contribution is 1.98. The molecular weight excluding hydrogens is 190 g/mol. The molecular formula is C9H20F2N2O. The molecule has 0 saturated carbocycles. The normalized spacial score (nSPS) is 13.9. The molecule has 0 aliphatic rings. The van der Waals surface area contributed by atoms with E-state index in [1.165, 1.54) is 6.92 Å². The van der Waals surface area contributed by atoms with E-state index < -0.39 is 12.5 Å². The second-order valence-corrected chi connectivity index (χ2v) is 3.37. The van der Waals surface area contributed by atoms with Gasteiger partial charge < -0.3 is 15.0 Å². The lowest BCUT2D eigenvalue weighted by atomic mass is 10.3. The zero-order valence-electron chi connectivity index (χ0n) is 9.09. The van der Waals surface area contributed by atoms with Crippen molar-refractivity contribution in [3.8, 4) is 0 Å². The van der Waals surface area contributed by atoms with Gasteiger partial charge in [0.15, 0.2) is 0 Å². The van der Waals surface area contributed by atoms with Crippen LogP contribution in [0.1, 0.15) is 6.92 Å². The molecule has 0 bridgehead atoms. The molecule has 0 aliphatic heterocycles. The van der Waals surface area contributed by atoms with Crippen LogP contribution in [0.3, 0.4) is 0 Å². The van der Waals surface area contributed by atoms with Crippen molar-refractivity contribution in [3.05, 3.63) is 0 Å². The van der Waals surface area contributed by atoms with E-state index in [1.54, 1.807) is 7.11 Å². The summed E-state index contributed by atoms with van der Waals surface area (Å²) in [5.41, 5.74) is 0. The van der Waals surface area contributed by atoms with Gasteiger partial charge in [0.05, 0.1) is 12.6 Å². The predicted octanol–water partition coefficient (Wildman–Crippen LogP) is 0.808. The predicted molar refractivity (Wildman–Crippen MR) is 52.8 cm³/mol. The van der Waals surface area contributed by atoms with Crippen LogP contribution in [0, 0.1) is 0 Å². The minimum absolute atomic E-state index is 0.575. The first-order valence-electron chi connectivity index (χ1n) is 4.77. The standard InChI is InChI=1S/C9H20F2N2O/c1-8(9(10)11)12-4-5-13(2)6-7-14-3/h8-9,12H,4-7H2,1-3H3. The summed E-state index contributed by atoms with van der Waals surface area (Å²) in [4.78, 5) is 2.04. The molecule has 0 saturated heterocycles. The Morgan fingerprint density at radius 3 is 2.50 bits per heavy atom. The first-order chi connectivity index (χ1) is 6.57. The molecule has 0 aromatic carbocycles. The Morgan fingerprint density at radius 2 is 2.00 bits per heavy atom. The third-order valence-corrected chi connectivity index (χ3v) is 2.01. The summed E-state index contributed by atoms with van der Waals surface area (Å²) in [6.45, 7) is 4.30. The largest absolute Gasteiger partial charge is 0.383 e. The number of alkyl halides is 2. The zero-order chi connectivity index (χ0) is 11.0. The van der Waals surface area contributed by atoms with Crippen LogP contribution in [0.4, 0.5) is 8.78 Å². The zero-order valence-corrected chi connectivity index (χ0v) is 9.09. The minimum atomic E-state index is -2.29. The SMILES string of the molecule is COCCN(C)CCNC(C)C(F)F. The van der Waals surface area contributed by atoms with Crippen LogP contribution < -0.4 is 5.32 Å². The van der Waals surface area contributed by atoms with Gasteiger partial charge in [0.2, 0.25) is 0 Å². The van der Waals surface area contributed by atoms with E-state index in [1.807, 2.05) is 11.9 Å². The molecule has 3 nitrogen and oxygen atoms in total. The Hall–Kier alpha value is -0.260. The van der Waals surface area contributed by atoms with E-state index in [0.29, 0.717) is 13.2 Å². The number of hydrogen-bond donors (Lipinski definition) is 1. The Balaban J connectivity index is 3.34. The van der Waals surface area contributed by atoms with E-state index in [4.69, 9.17) is 4.74 Å². The first-order valence-corrected chi connectivity index (χ1v) is 4.77. The van der Waals surface area contributed by atoms with Crippen molar-refractivity contribution in [2.24, 2.45) is 0 Å². The molecule has 86 valence electrons. The van der Waals surface area contributed by atoms with Crippen LogP contribution in [-0.2, 0) is 4.74 Å². The van der Waals surface area contributed by atoms with E-state index in [9.17, 15) is 8.78 Å². The van der Waals surface area contributed by atoms with Crippen LogP contribution in [-0.4, -0.2) is 57.8 Å². The smallest absolute Gasteiger partial charge is 0.253 e. The molecule has 5 heteroatoms. The molecule has 1 atom stereocenters. The molecule has 0 spiro atoms. The van der Waals surface area contributed by atoms with Crippen LogP contribution >= 0.6 is 0 Å². The Bertz CT molecular complexity index is 136. The topological polar surface area (TPSA) is 24.5 Å². The fourth-order valence-corrected chi connectivity index (χ4v) is 0.931. The van der Waals surface area contributed by atoms with Crippen molar-refractivity contribution in [1.29, 1.82) is 0 Å². The molecule has 0 heterocycles. The summed E-state index contributed by atoms with van der Waals surface area (Å²) in [5, 5.41) is 2.76. The van der Waals surface area contributed by atoms with Crippen molar-refractivity contribution in [1.82, 2.24) is 10.2 Å². The quantitative estimate of drug-likeness (QED) is 0.641. The molecule has 1 N–H and O–H groups in total. The second kappa shape index (κ2) is 8.08. The summed E-state index contributed by atoms with van der Waals surface area (Å²) in [5.74, 6) is 0. The number of methoxy groups -OCH3 is 1. The maximum atomic E-state index is 12.1. The molecule has 0 amide bonds. The lowest BCUT2D eigenvalue weighted by Crippen LogP contribution is -2.38. The monoisotopic (exact) mass is 210 g/mol. The fourth-order valence-electron chi connectivity index (χ4n) is 0.931. The highest BCUT2D eigenvalue weighted by molar-refractivity contribution is 4.63. The Kier molecular flexibility index (Phi) is 7.93. The van der Waals surface area contributed by atoms with Gasteiger partial charge in [0.1, 0.15) is 0 Å². The van der Waals surface area contributed by atoms with Crippen molar-refractivity contribution in [2.45, 2.75) is 19.4 Å². The van der Waals surface area contributed by atoms with Gasteiger partial charge in [-0.25, -0.2) is 8.78 Å². The molecule has 0 fully saturated rings. The van der Waals surface area contributed by atoms with Gasteiger partial charge in [-0.05, 0) is 14.0 Å². The van der Waals surface area contributed by atoms with Gasteiger partial charge in [0.25, 0.3) is 6.43 Å². The lowest BCUT2D eigenvalue weighted by molar-refractivity contribution is 0.103. The summed E-state index contributed by atoms with van der Waals surface area (Å²) in [7, 11) is 3.58. The van der Waals surface area contributed by atoms with Gasteiger partial charge in [-0.1, -0.05) is 0 Å². The second-order valence-electron chi connectivity index (χ2n) is 3.37. The molecule has 0 aromatic heterocycles. The van der Waals surface area contributed by atoms with Gasteiger partial charge in [-0.2, -0.15) is 0 Å². The number of hydrogen-bond acceptors (Lipinski definition) is 3. The number of nitrogens with zero attached hydrogens (tertiary/aromatic N) is 1. The van der Waals surface area contributed by atoms with Crippen LogP contribution in [0.25, 0.3) is 0 Å².